The summed E-state index contributed by atoms with van der Waals surface area (Å²) in [6, 6.07) is 11.2. The van der Waals surface area contributed by atoms with Gasteiger partial charge in [0, 0.05) is 6.92 Å². The van der Waals surface area contributed by atoms with Gasteiger partial charge in [-0.05, 0) is 24.3 Å². The minimum atomic E-state index is -3.63. The number of carbonyl (C=O) groups is 1. The van der Waals surface area contributed by atoms with Crippen molar-refractivity contribution in [2.24, 2.45) is 0 Å². The SMILES string of the molecule is CC(=O)OCc1ccc(NS(=O)(=O)c2ccccc2)cn1. The normalized spacial score (nSPS) is 10.9. The van der Waals surface area contributed by atoms with Gasteiger partial charge in [0.2, 0.25) is 0 Å². The third kappa shape index (κ3) is 4.28. The number of nitrogens with zero attached hydrogens (tertiary/aromatic N) is 1. The minimum absolute atomic E-state index is 0.0566. The summed E-state index contributed by atoms with van der Waals surface area (Å²) < 4.78 is 31.4. The summed E-state index contributed by atoms with van der Waals surface area (Å²) in [7, 11) is -3.63. The molecule has 110 valence electrons. The number of pyridine rings is 1. The van der Waals surface area contributed by atoms with Crippen LogP contribution < -0.4 is 4.72 Å². The summed E-state index contributed by atoms with van der Waals surface area (Å²) in [6.45, 7) is 1.36. The van der Waals surface area contributed by atoms with Crippen LogP contribution in [0.15, 0.2) is 53.6 Å². The highest BCUT2D eigenvalue weighted by molar-refractivity contribution is 7.92. The van der Waals surface area contributed by atoms with Crippen LogP contribution in [0.4, 0.5) is 5.69 Å². The van der Waals surface area contributed by atoms with E-state index < -0.39 is 16.0 Å². The van der Waals surface area contributed by atoms with Gasteiger partial charge >= 0.3 is 5.97 Å². The highest BCUT2D eigenvalue weighted by Gasteiger charge is 2.13. The maximum Gasteiger partial charge on any atom is 0.303 e. The van der Waals surface area contributed by atoms with Gasteiger partial charge in [0.15, 0.2) is 0 Å². The van der Waals surface area contributed by atoms with Gasteiger partial charge in [-0.15, -0.1) is 0 Å². The Morgan fingerprint density at radius 3 is 2.48 bits per heavy atom. The van der Waals surface area contributed by atoms with E-state index in [1.807, 2.05) is 0 Å². The Morgan fingerprint density at radius 1 is 1.19 bits per heavy atom. The lowest BCUT2D eigenvalue weighted by molar-refractivity contribution is -0.142. The van der Waals surface area contributed by atoms with Crippen molar-refractivity contribution in [2.75, 3.05) is 4.72 Å². The Morgan fingerprint density at radius 2 is 1.90 bits per heavy atom. The number of hydrogen-bond donors (Lipinski definition) is 1. The van der Waals surface area contributed by atoms with E-state index in [0.29, 0.717) is 11.4 Å². The zero-order valence-electron chi connectivity index (χ0n) is 11.3. The van der Waals surface area contributed by atoms with Crippen molar-refractivity contribution in [1.29, 1.82) is 0 Å². The zero-order valence-corrected chi connectivity index (χ0v) is 12.1. The summed E-state index contributed by atoms with van der Waals surface area (Å²) in [5, 5.41) is 0. The topological polar surface area (TPSA) is 85.4 Å². The van der Waals surface area contributed by atoms with Crippen LogP contribution in [0.1, 0.15) is 12.6 Å². The van der Waals surface area contributed by atoms with E-state index in [4.69, 9.17) is 4.74 Å². The molecule has 1 aromatic heterocycles. The summed E-state index contributed by atoms with van der Waals surface area (Å²) in [4.78, 5) is 14.9. The Hall–Kier alpha value is -2.41. The first-order chi connectivity index (χ1) is 9.97. The standard InChI is InChI=1S/C14H14N2O4S/c1-11(17)20-10-13-8-7-12(9-15-13)16-21(18,19)14-5-3-2-4-6-14/h2-9,16H,10H2,1H3. The summed E-state index contributed by atoms with van der Waals surface area (Å²) >= 11 is 0. The molecule has 0 radical (unpaired) electrons. The first-order valence-electron chi connectivity index (χ1n) is 6.13. The van der Waals surface area contributed by atoms with Gasteiger partial charge < -0.3 is 4.74 Å². The van der Waals surface area contributed by atoms with Crippen LogP contribution in [-0.2, 0) is 26.2 Å². The fourth-order valence-electron chi connectivity index (χ4n) is 1.56. The molecule has 0 saturated heterocycles. The van der Waals surface area contributed by atoms with E-state index in [9.17, 15) is 13.2 Å². The monoisotopic (exact) mass is 306 g/mol. The van der Waals surface area contributed by atoms with Gasteiger partial charge in [0.25, 0.3) is 10.0 Å². The molecule has 21 heavy (non-hydrogen) atoms. The third-order valence-electron chi connectivity index (χ3n) is 2.55. The maximum absolute atomic E-state index is 12.1. The molecule has 0 aliphatic carbocycles. The van der Waals surface area contributed by atoms with Crippen LogP contribution in [-0.4, -0.2) is 19.4 Å². The van der Waals surface area contributed by atoms with Crippen molar-refractivity contribution in [1.82, 2.24) is 4.98 Å². The van der Waals surface area contributed by atoms with E-state index in [2.05, 4.69) is 9.71 Å². The second-order valence-electron chi connectivity index (χ2n) is 4.24. The van der Waals surface area contributed by atoms with Crippen LogP contribution in [0.5, 0.6) is 0 Å². The summed E-state index contributed by atoms with van der Waals surface area (Å²) in [6.07, 6.45) is 1.37. The van der Waals surface area contributed by atoms with E-state index in [1.54, 1.807) is 30.3 Å². The smallest absolute Gasteiger partial charge is 0.303 e. The molecule has 0 unspecified atom stereocenters. The summed E-state index contributed by atoms with van der Waals surface area (Å²) in [5.41, 5.74) is 0.873. The largest absolute Gasteiger partial charge is 0.459 e. The lowest BCUT2D eigenvalue weighted by atomic mass is 10.3. The van der Waals surface area contributed by atoms with Crippen molar-refractivity contribution in [3.05, 3.63) is 54.4 Å². The van der Waals surface area contributed by atoms with Crippen LogP contribution in [0, 0.1) is 0 Å². The molecule has 6 nitrogen and oxygen atoms in total. The molecule has 0 atom stereocenters. The predicted molar refractivity (Wildman–Crippen MR) is 77.0 cm³/mol. The highest BCUT2D eigenvalue weighted by Crippen LogP contribution is 2.15. The van der Waals surface area contributed by atoms with Crippen molar-refractivity contribution < 1.29 is 17.9 Å². The van der Waals surface area contributed by atoms with Crippen molar-refractivity contribution in [3.8, 4) is 0 Å². The number of nitrogens with one attached hydrogen (secondary N) is 1. The fraction of sp³-hybridized carbons (Fsp3) is 0.143. The molecule has 1 N–H and O–H groups in total. The third-order valence-corrected chi connectivity index (χ3v) is 3.95. The number of hydrogen-bond acceptors (Lipinski definition) is 5. The van der Waals surface area contributed by atoms with E-state index >= 15 is 0 Å². The molecule has 1 heterocycles. The Balaban J connectivity index is 2.08. The second kappa shape index (κ2) is 6.36. The molecular weight excluding hydrogens is 292 g/mol. The number of rotatable bonds is 5. The number of benzene rings is 1. The lowest BCUT2D eigenvalue weighted by Gasteiger charge is -2.08. The molecular formula is C14H14N2O4S. The first kappa shape index (κ1) is 15.0. The average molecular weight is 306 g/mol. The van der Waals surface area contributed by atoms with E-state index in [1.165, 1.54) is 25.3 Å². The second-order valence-corrected chi connectivity index (χ2v) is 5.92. The van der Waals surface area contributed by atoms with Crippen LogP contribution >= 0.6 is 0 Å². The van der Waals surface area contributed by atoms with Crippen LogP contribution in [0.25, 0.3) is 0 Å². The molecule has 1 aromatic carbocycles. The van der Waals surface area contributed by atoms with Crippen LogP contribution in [0.2, 0.25) is 0 Å². The molecule has 0 saturated carbocycles. The Labute approximate surface area is 122 Å². The molecule has 0 amide bonds. The molecule has 0 bridgehead atoms. The Kier molecular flexibility index (Phi) is 4.54. The number of ether oxygens (including phenoxy) is 1. The van der Waals surface area contributed by atoms with Gasteiger partial charge in [-0.3, -0.25) is 14.5 Å². The molecule has 0 aliphatic rings. The molecule has 7 heteroatoms. The fourth-order valence-corrected chi connectivity index (χ4v) is 2.62. The van der Waals surface area contributed by atoms with E-state index in [-0.39, 0.29) is 11.5 Å². The zero-order chi connectivity index (χ0) is 15.3. The number of aromatic nitrogens is 1. The van der Waals surface area contributed by atoms with E-state index in [0.717, 1.165) is 0 Å². The minimum Gasteiger partial charge on any atom is -0.459 e. The number of sulfonamides is 1. The van der Waals surface area contributed by atoms with Gasteiger partial charge in [-0.25, -0.2) is 8.42 Å². The molecule has 2 aromatic rings. The van der Waals surface area contributed by atoms with Crippen molar-refractivity contribution in [3.63, 3.8) is 0 Å². The molecule has 0 fully saturated rings. The van der Waals surface area contributed by atoms with Crippen molar-refractivity contribution in [2.45, 2.75) is 18.4 Å². The number of esters is 1. The van der Waals surface area contributed by atoms with Crippen LogP contribution in [0.3, 0.4) is 0 Å². The predicted octanol–water partition coefficient (Wildman–Crippen LogP) is 1.95. The first-order valence-corrected chi connectivity index (χ1v) is 7.62. The Bertz CT molecular complexity index is 712. The lowest BCUT2D eigenvalue weighted by Crippen LogP contribution is -2.13. The molecule has 0 spiro atoms. The van der Waals surface area contributed by atoms with Gasteiger partial charge in [0.1, 0.15) is 6.61 Å². The highest BCUT2D eigenvalue weighted by atomic mass is 32.2. The summed E-state index contributed by atoms with van der Waals surface area (Å²) in [5.74, 6) is -0.398. The number of anilines is 1. The quantitative estimate of drug-likeness (QED) is 0.853. The van der Waals surface area contributed by atoms with Crippen molar-refractivity contribution >= 4 is 21.7 Å². The van der Waals surface area contributed by atoms with Gasteiger partial charge in [-0.1, -0.05) is 18.2 Å². The molecule has 2 rings (SSSR count). The maximum atomic E-state index is 12.1. The number of carbonyl (C=O) groups excluding carboxylic acids is 1. The van der Waals surface area contributed by atoms with Gasteiger partial charge in [0.05, 0.1) is 22.5 Å². The average Bonchev–Trinajstić information content (AvgIpc) is 2.47. The van der Waals surface area contributed by atoms with Gasteiger partial charge in [-0.2, -0.15) is 0 Å². The molecule has 0 aliphatic heterocycles.